The molecule has 2 aromatic carbocycles. The minimum Gasteiger partial charge on any atom is -0.502 e. The molecule has 0 amide bonds. The highest BCUT2D eigenvalue weighted by Crippen LogP contribution is 2.39. The molecule has 1 atom stereocenters. The molecule has 31 heavy (non-hydrogen) atoms. The number of benzene rings is 2. The summed E-state index contributed by atoms with van der Waals surface area (Å²) in [5.74, 6) is -3.17. The molecule has 0 aliphatic rings. The van der Waals surface area contributed by atoms with E-state index in [1.165, 1.54) is 52.7 Å². The third-order valence-electron chi connectivity index (χ3n) is 4.72. The molecule has 0 heterocycles. The van der Waals surface area contributed by atoms with Gasteiger partial charge in [-0.3, -0.25) is 9.59 Å². The normalized spacial score (nSPS) is 11.4. The topological polar surface area (TPSA) is 132 Å². The van der Waals surface area contributed by atoms with Crippen LogP contribution in [0.1, 0.15) is 20.7 Å². The zero-order valence-electron chi connectivity index (χ0n) is 17.6. The molecule has 0 radical (unpaired) electrons. The Morgan fingerprint density at radius 3 is 1.48 bits per heavy atom. The van der Waals surface area contributed by atoms with Crippen molar-refractivity contribution in [2.24, 2.45) is 5.92 Å². The maximum absolute atomic E-state index is 13.0. The van der Waals surface area contributed by atoms with Crippen LogP contribution in [-0.4, -0.2) is 61.9 Å². The Balaban J connectivity index is 2.44. The van der Waals surface area contributed by atoms with Gasteiger partial charge in [0.15, 0.2) is 34.6 Å². The molecule has 0 fully saturated rings. The van der Waals surface area contributed by atoms with E-state index in [-0.39, 0.29) is 51.2 Å². The summed E-state index contributed by atoms with van der Waals surface area (Å²) in [6, 6.07) is 5.09. The molecule has 3 N–H and O–H groups in total. The fourth-order valence-electron chi connectivity index (χ4n) is 2.96. The van der Waals surface area contributed by atoms with Gasteiger partial charge in [0, 0.05) is 16.7 Å². The van der Waals surface area contributed by atoms with E-state index in [0.717, 1.165) is 0 Å². The largest absolute Gasteiger partial charge is 0.502 e. The van der Waals surface area contributed by atoms with E-state index in [1.807, 2.05) is 0 Å². The summed E-state index contributed by atoms with van der Waals surface area (Å²) in [5, 5.41) is 29.9. The van der Waals surface area contributed by atoms with Gasteiger partial charge in [0.1, 0.15) is 0 Å². The van der Waals surface area contributed by atoms with Gasteiger partial charge in [-0.05, 0) is 24.3 Å². The van der Waals surface area contributed by atoms with Crippen molar-refractivity contribution in [2.75, 3.05) is 35.0 Å². The number of phenols is 2. The summed E-state index contributed by atoms with van der Waals surface area (Å²) in [4.78, 5) is 26.0. The summed E-state index contributed by atoms with van der Waals surface area (Å²) < 4.78 is 20.2. The van der Waals surface area contributed by atoms with Gasteiger partial charge in [0.2, 0.25) is 11.5 Å². The predicted octanol–water partition coefficient (Wildman–Crippen LogP) is 2.36. The van der Waals surface area contributed by atoms with E-state index < -0.39 is 24.1 Å². The van der Waals surface area contributed by atoms with Gasteiger partial charge in [-0.2, -0.15) is 0 Å². The Morgan fingerprint density at radius 1 is 0.806 bits per heavy atom. The number of ether oxygens (including phenoxy) is 4. The molecular formula is C22H24O9. The molecule has 0 saturated carbocycles. The molecule has 2 aromatic rings. The second-order valence-electron chi connectivity index (χ2n) is 6.41. The van der Waals surface area contributed by atoms with E-state index >= 15 is 0 Å². The van der Waals surface area contributed by atoms with Crippen LogP contribution in [0.15, 0.2) is 36.4 Å². The van der Waals surface area contributed by atoms with Crippen molar-refractivity contribution in [3.05, 3.63) is 47.5 Å². The molecule has 2 rings (SSSR count). The third-order valence-corrected chi connectivity index (χ3v) is 4.72. The molecule has 166 valence electrons. The van der Waals surface area contributed by atoms with E-state index in [2.05, 4.69) is 6.58 Å². The lowest BCUT2D eigenvalue weighted by molar-refractivity contribution is 0.0858. The Kier molecular flexibility index (Phi) is 7.49. The smallest absolute Gasteiger partial charge is 0.200 e. The van der Waals surface area contributed by atoms with E-state index in [4.69, 9.17) is 18.9 Å². The number of aliphatic hydroxyl groups excluding tert-OH is 1. The SMILES string of the molecule is C=C(C(=O)c1cc(OC)c(O)c(OC)c1)[C@H](CO)C(=O)c1cc(OC)c(O)c(OC)c1. The maximum Gasteiger partial charge on any atom is 0.200 e. The van der Waals surface area contributed by atoms with Crippen molar-refractivity contribution in [3.8, 4) is 34.5 Å². The summed E-state index contributed by atoms with van der Waals surface area (Å²) in [5.41, 5.74) is -0.0997. The molecule has 0 spiro atoms. The standard InChI is InChI=1S/C22H24O9/c1-11(19(24)12-6-15(28-2)21(26)16(7-12)29-3)14(10-23)20(25)13-8-17(30-4)22(27)18(9-13)31-5/h6-9,14,23,26-27H,1,10H2,2-5H3/t14-/m0/s1. The first-order valence-electron chi connectivity index (χ1n) is 9.02. The lowest BCUT2D eigenvalue weighted by Gasteiger charge is -2.18. The van der Waals surface area contributed by atoms with Crippen molar-refractivity contribution in [1.29, 1.82) is 0 Å². The minimum absolute atomic E-state index is 0.00428. The average Bonchev–Trinajstić information content (AvgIpc) is 2.79. The fraction of sp³-hybridized carbons (Fsp3) is 0.273. The van der Waals surface area contributed by atoms with Crippen molar-refractivity contribution < 1.29 is 43.9 Å². The third kappa shape index (κ3) is 4.56. The molecule has 0 saturated heterocycles. The molecule has 9 nitrogen and oxygen atoms in total. The van der Waals surface area contributed by atoms with Crippen LogP contribution < -0.4 is 18.9 Å². The zero-order chi connectivity index (χ0) is 23.3. The Hall–Kier alpha value is -3.72. The fourth-order valence-corrected chi connectivity index (χ4v) is 2.96. The van der Waals surface area contributed by atoms with E-state index in [0.29, 0.717) is 0 Å². The van der Waals surface area contributed by atoms with Gasteiger partial charge < -0.3 is 34.3 Å². The lowest BCUT2D eigenvalue weighted by Crippen LogP contribution is -2.25. The number of carbonyl (C=O) groups excluding carboxylic acids is 2. The molecule has 9 heteroatoms. The average molecular weight is 432 g/mol. The lowest BCUT2D eigenvalue weighted by atomic mass is 9.87. The van der Waals surface area contributed by atoms with Crippen LogP contribution in [0, 0.1) is 5.92 Å². The molecular weight excluding hydrogens is 408 g/mol. The molecule has 0 aromatic heterocycles. The van der Waals surface area contributed by atoms with Crippen LogP contribution >= 0.6 is 0 Å². The monoisotopic (exact) mass is 432 g/mol. The van der Waals surface area contributed by atoms with Crippen molar-refractivity contribution >= 4 is 11.6 Å². The number of carbonyl (C=O) groups is 2. The number of ketones is 2. The molecule has 0 bridgehead atoms. The van der Waals surface area contributed by atoms with Gasteiger partial charge in [0.25, 0.3) is 0 Å². The van der Waals surface area contributed by atoms with Gasteiger partial charge >= 0.3 is 0 Å². The second-order valence-corrected chi connectivity index (χ2v) is 6.41. The summed E-state index contributed by atoms with van der Waals surface area (Å²) in [6.45, 7) is 3.01. The van der Waals surface area contributed by atoms with Crippen LogP contribution in [0.4, 0.5) is 0 Å². The number of hydrogen-bond donors (Lipinski definition) is 3. The summed E-state index contributed by atoms with van der Waals surface area (Å²) >= 11 is 0. The van der Waals surface area contributed by atoms with Crippen LogP contribution in [-0.2, 0) is 0 Å². The van der Waals surface area contributed by atoms with Gasteiger partial charge in [-0.1, -0.05) is 6.58 Å². The number of hydrogen-bond acceptors (Lipinski definition) is 9. The number of phenolic OH excluding ortho intramolecular Hbond substituents is 2. The molecule has 0 unspecified atom stereocenters. The highest BCUT2D eigenvalue weighted by Gasteiger charge is 2.29. The van der Waals surface area contributed by atoms with Crippen LogP contribution in [0.3, 0.4) is 0 Å². The van der Waals surface area contributed by atoms with E-state index in [1.54, 1.807) is 0 Å². The summed E-state index contributed by atoms with van der Waals surface area (Å²) in [6.07, 6.45) is 0. The highest BCUT2D eigenvalue weighted by molar-refractivity contribution is 6.14. The van der Waals surface area contributed by atoms with Crippen molar-refractivity contribution in [3.63, 3.8) is 0 Å². The Labute approximate surface area is 179 Å². The predicted molar refractivity (Wildman–Crippen MR) is 111 cm³/mol. The van der Waals surface area contributed by atoms with Gasteiger partial charge in [-0.25, -0.2) is 0 Å². The van der Waals surface area contributed by atoms with Crippen LogP contribution in [0.2, 0.25) is 0 Å². The first-order valence-corrected chi connectivity index (χ1v) is 9.02. The van der Waals surface area contributed by atoms with Crippen LogP contribution in [0.5, 0.6) is 34.5 Å². The first kappa shape index (κ1) is 23.6. The quantitative estimate of drug-likeness (QED) is 0.382. The molecule has 0 aliphatic carbocycles. The number of aliphatic hydroxyl groups is 1. The molecule has 0 aliphatic heterocycles. The maximum atomic E-state index is 13.0. The number of Topliss-reactive ketones (excluding diaryl/α,β-unsaturated/α-hetero) is 2. The minimum atomic E-state index is -1.28. The highest BCUT2D eigenvalue weighted by atomic mass is 16.5. The van der Waals surface area contributed by atoms with Crippen LogP contribution in [0.25, 0.3) is 0 Å². The Bertz CT molecular complexity index is 960. The Morgan fingerprint density at radius 2 is 1.16 bits per heavy atom. The number of aromatic hydroxyl groups is 2. The second kappa shape index (κ2) is 9.86. The van der Waals surface area contributed by atoms with Gasteiger partial charge in [-0.15, -0.1) is 0 Å². The van der Waals surface area contributed by atoms with Gasteiger partial charge in [0.05, 0.1) is 41.0 Å². The first-order chi connectivity index (χ1) is 14.7. The zero-order valence-corrected chi connectivity index (χ0v) is 17.6. The number of methoxy groups -OCH3 is 4. The van der Waals surface area contributed by atoms with E-state index in [9.17, 15) is 24.9 Å². The van der Waals surface area contributed by atoms with Crippen molar-refractivity contribution in [1.82, 2.24) is 0 Å². The number of rotatable bonds is 10. The summed E-state index contributed by atoms with van der Waals surface area (Å²) in [7, 11) is 5.23. The van der Waals surface area contributed by atoms with Crippen molar-refractivity contribution in [2.45, 2.75) is 0 Å².